The first-order valence-electron chi connectivity index (χ1n) is 13.9. The number of hydrogen-bond acceptors (Lipinski definition) is 3. The molecule has 0 aliphatic carbocycles. The number of amides is 1. The van der Waals surface area contributed by atoms with Gasteiger partial charge in [0, 0.05) is 38.0 Å². The molecule has 5 aromatic carbocycles. The van der Waals surface area contributed by atoms with Crippen LogP contribution in [0.5, 0.6) is 0 Å². The Morgan fingerprint density at radius 2 is 1.14 bits per heavy atom. The zero-order chi connectivity index (χ0) is 29.5. The highest BCUT2D eigenvalue weighted by molar-refractivity contribution is 8.00. The highest BCUT2D eigenvalue weighted by atomic mass is 31.2. The zero-order valence-corrected chi connectivity index (χ0v) is 25.0. The van der Waals surface area contributed by atoms with E-state index in [9.17, 15) is 9.59 Å². The Bertz CT molecular complexity index is 1600. The largest absolute Gasteiger partial charge is 0.378 e. The van der Waals surface area contributed by atoms with Gasteiger partial charge >= 0.3 is 0 Å². The lowest BCUT2D eigenvalue weighted by Crippen LogP contribution is -2.34. The van der Waals surface area contributed by atoms with Crippen LogP contribution in [-0.2, 0) is 4.79 Å². The van der Waals surface area contributed by atoms with E-state index >= 15 is 0 Å². The van der Waals surface area contributed by atoms with E-state index < -0.39 is 7.26 Å². The fourth-order valence-electron chi connectivity index (χ4n) is 5.25. The molecule has 5 heteroatoms. The maximum absolute atomic E-state index is 15.0. The third kappa shape index (κ3) is 5.95. The molecule has 0 aromatic heterocycles. The summed E-state index contributed by atoms with van der Waals surface area (Å²) in [5.41, 5.74) is 3.13. The Morgan fingerprint density at radius 3 is 1.60 bits per heavy atom. The van der Waals surface area contributed by atoms with Crippen molar-refractivity contribution in [3.63, 3.8) is 0 Å². The molecular formula is C37H34N2O2P+. The minimum Gasteiger partial charge on any atom is -0.378 e. The maximum Gasteiger partial charge on any atom is 0.229 e. The third-order valence-electron chi connectivity index (χ3n) is 7.18. The van der Waals surface area contributed by atoms with Crippen molar-refractivity contribution in [2.75, 3.05) is 24.3 Å². The van der Waals surface area contributed by atoms with Crippen molar-refractivity contribution >= 4 is 52.3 Å². The fourth-order valence-corrected chi connectivity index (χ4v) is 9.61. The number of carbonyl (C=O) groups excluding carboxylic acids is 2. The van der Waals surface area contributed by atoms with Gasteiger partial charge in [-0.2, -0.15) is 0 Å². The van der Waals surface area contributed by atoms with Gasteiger partial charge in [-0.1, -0.05) is 78.9 Å². The van der Waals surface area contributed by atoms with Gasteiger partial charge in [0.05, 0.1) is 0 Å². The van der Waals surface area contributed by atoms with Crippen LogP contribution in [0.2, 0.25) is 0 Å². The van der Waals surface area contributed by atoms with Crippen molar-refractivity contribution in [2.24, 2.45) is 0 Å². The molecule has 208 valence electrons. The summed E-state index contributed by atoms with van der Waals surface area (Å²) >= 11 is 0. The summed E-state index contributed by atoms with van der Waals surface area (Å²) in [4.78, 5) is 28.9. The van der Waals surface area contributed by atoms with E-state index in [1.54, 1.807) is 12.1 Å². The van der Waals surface area contributed by atoms with Crippen LogP contribution in [0.3, 0.4) is 0 Å². The quantitative estimate of drug-likeness (QED) is 0.119. The van der Waals surface area contributed by atoms with Gasteiger partial charge in [-0.05, 0) is 72.3 Å². The predicted molar refractivity (Wildman–Crippen MR) is 179 cm³/mol. The Morgan fingerprint density at radius 1 is 0.643 bits per heavy atom. The number of ketones is 1. The number of hydrogen-bond donors (Lipinski definition) is 1. The lowest BCUT2D eigenvalue weighted by Gasteiger charge is -2.29. The van der Waals surface area contributed by atoms with Crippen molar-refractivity contribution in [1.82, 2.24) is 0 Å². The molecule has 1 amide bonds. The van der Waals surface area contributed by atoms with Crippen LogP contribution in [0.15, 0.2) is 145 Å². The molecule has 5 rings (SSSR count). The van der Waals surface area contributed by atoms with Crippen LogP contribution in [-0.4, -0.2) is 25.8 Å². The highest BCUT2D eigenvalue weighted by Gasteiger charge is 2.52. The molecule has 0 spiro atoms. The number of rotatable bonds is 9. The first kappa shape index (κ1) is 28.7. The molecule has 0 atom stereocenters. The second-order valence-corrected chi connectivity index (χ2v) is 13.7. The van der Waals surface area contributed by atoms with Crippen LogP contribution in [0.4, 0.5) is 11.4 Å². The number of nitrogens with one attached hydrogen (secondary N) is 1. The van der Waals surface area contributed by atoms with Crippen LogP contribution in [0.1, 0.15) is 22.8 Å². The molecule has 0 aliphatic rings. The first-order valence-corrected chi connectivity index (χ1v) is 15.7. The SMILES string of the molecule is CC(=O)Nc1cccc(C(=O)/C(=C/c2ccc(N(C)C)cc2)[P+](c2ccccc2)(c2ccccc2)c2ccccc2)c1. The monoisotopic (exact) mass is 569 g/mol. The van der Waals surface area contributed by atoms with Gasteiger partial charge in [-0.15, -0.1) is 0 Å². The number of anilines is 2. The molecule has 0 heterocycles. The van der Waals surface area contributed by atoms with Gasteiger partial charge in [0.15, 0.2) is 5.31 Å². The molecule has 1 N–H and O–H groups in total. The fraction of sp³-hybridized carbons (Fsp3) is 0.0811. The topological polar surface area (TPSA) is 49.4 Å². The van der Waals surface area contributed by atoms with Crippen LogP contribution < -0.4 is 26.1 Å². The van der Waals surface area contributed by atoms with Gasteiger partial charge in [0.2, 0.25) is 11.7 Å². The number of benzene rings is 5. The average molecular weight is 570 g/mol. The summed E-state index contributed by atoms with van der Waals surface area (Å²) in [5.74, 6) is -0.264. The van der Waals surface area contributed by atoms with E-state index in [1.165, 1.54) is 6.92 Å². The van der Waals surface area contributed by atoms with E-state index in [2.05, 4.69) is 77.0 Å². The lowest BCUT2D eigenvalue weighted by molar-refractivity contribution is -0.114. The van der Waals surface area contributed by atoms with E-state index in [1.807, 2.05) is 80.8 Å². The maximum atomic E-state index is 15.0. The van der Waals surface area contributed by atoms with E-state index in [4.69, 9.17) is 0 Å². The van der Waals surface area contributed by atoms with E-state index in [0.717, 1.165) is 27.2 Å². The lowest BCUT2D eigenvalue weighted by atomic mass is 10.1. The standard InChI is InChI=1S/C37H33N2O2P/c1-28(40)38-31-15-13-14-30(27-31)37(41)36(26-29-22-24-32(25-23-29)39(2)3)42(33-16-7-4-8-17-33,34-18-9-5-10-19-34)35-20-11-6-12-21-35/h4-27H,1-3H3/p+1/b36-26-. The Labute approximate surface area is 248 Å². The molecule has 0 saturated carbocycles. The van der Waals surface area contributed by atoms with Crippen molar-refractivity contribution in [1.29, 1.82) is 0 Å². The van der Waals surface area contributed by atoms with Crippen LogP contribution in [0, 0.1) is 0 Å². The molecule has 0 fully saturated rings. The average Bonchev–Trinajstić information content (AvgIpc) is 3.02. The van der Waals surface area contributed by atoms with Crippen molar-refractivity contribution in [3.8, 4) is 0 Å². The van der Waals surface area contributed by atoms with Gasteiger partial charge in [-0.3, -0.25) is 9.59 Å². The van der Waals surface area contributed by atoms with E-state index in [0.29, 0.717) is 16.6 Å². The molecule has 0 unspecified atom stereocenters. The van der Waals surface area contributed by atoms with Crippen molar-refractivity contribution < 1.29 is 9.59 Å². The Kier molecular flexibility index (Phi) is 8.76. The summed E-state index contributed by atoms with van der Waals surface area (Å²) in [6, 6.07) is 46.6. The Hall–Kier alpha value is -4.79. The van der Waals surface area contributed by atoms with Crippen molar-refractivity contribution in [2.45, 2.75) is 6.92 Å². The van der Waals surface area contributed by atoms with E-state index in [-0.39, 0.29) is 11.7 Å². The molecule has 0 aliphatic heterocycles. The summed E-state index contributed by atoms with van der Waals surface area (Å²) in [6.07, 6.45) is 2.06. The normalized spacial score (nSPS) is 11.5. The second-order valence-electron chi connectivity index (χ2n) is 10.3. The molecule has 4 nitrogen and oxygen atoms in total. The predicted octanol–water partition coefficient (Wildman–Crippen LogP) is 6.93. The van der Waals surface area contributed by atoms with Gasteiger partial charge < -0.3 is 10.2 Å². The van der Waals surface area contributed by atoms with Crippen LogP contribution in [0.25, 0.3) is 6.08 Å². The smallest absolute Gasteiger partial charge is 0.229 e. The highest BCUT2D eigenvalue weighted by Crippen LogP contribution is 2.63. The van der Waals surface area contributed by atoms with Crippen LogP contribution >= 0.6 is 7.26 Å². The molecule has 5 aromatic rings. The number of nitrogens with zero attached hydrogens (tertiary/aromatic N) is 1. The molecule has 0 bridgehead atoms. The van der Waals surface area contributed by atoms with Gasteiger partial charge in [0.25, 0.3) is 0 Å². The molecular weight excluding hydrogens is 535 g/mol. The minimum atomic E-state index is -2.71. The first-order chi connectivity index (χ1) is 20.4. The minimum absolute atomic E-state index is 0.0798. The Balaban J connectivity index is 1.86. The molecule has 0 saturated heterocycles. The second kappa shape index (κ2) is 12.8. The van der Waals surface area contributed by atoms with Gasteiger partial charge in [-0.25, -0.2) is 0 Å². The molecule has 0 radical (unpaired) electrons. The zero-order valence-electron chi connectivity index (χ0n) is 24.1. The summed E-state index contributed by atoms with van der Waals surface area (Å²) < 4.78 is 0. The number of allylic oxidation sites excluding steroid dienone is 1. The molecule has 42 heavy (non-hydrogen) atoms. The summed E-state index contributed by atoms with van der Waals surface area (Å²) in [7, 11) is 1.31. The number of Topliss-reactive ketones (excluding diaryl/α,β-unsaturated/α-hetero) is 1. The summed E-state index contributed by atoms with van der Waals surface area (Å²) in [5, 5.41) is 6.81. The van der Waals surface area contributed by atoms with Crippen molar-refractivity contribution in [3.05, 3.63) is 156 Å². The van der Waals surface area contributed by atoms with Gasteiger partial charge in [0.1, 0.15) is 23.2 Å². The summed E-state index contributed by atoms with van der Waals surface area (Å²) in [6.45, 7) is 1.47. The number of carbonyl (C=O) groups is 2. The third-order valence-corrected chi connectivity index (χ3v) is 11.5.